The number of likely N-dealkylation sites (N-methyl/N-ethyl adjacent to an activating group) is 1. The highest BCUT2D eigenvalue weighted by molar-refractivity contribution is 9.10. The lowest BCUT2D eigenvalue weighted by Gasteiger charge is -2.38. The Morgan fingerprint density at radius 1 is 1.35 bits per heavy atom. The van der Waals surface area contributed by atoms with E-state index in [0.29, 0.717) is 6.04 Å². The molecule has 0 aromatic heterocycles. The second-order valence-electron chi connectivity index (χ2n) is 6.23. The molecule has 1 aliphatic rings. The van der Waals surface area contributed by atoms with Crippen LogP contribution < -0.4 is 5.73 Å². The number of hydrogen-bond donors (Lipinski definition) is 1. The SMILES string of the molecule is CC(C)N1CCC(CN)(N(C)Cc2ccc(Br)cc2)C1. The molecule has 1 saturated heterocycles. The van der Waals surface area contributed by atoms with Crippen LogP contribution in [0.4, 0.5) is 0 Å². The smallest absolute Gasteiger partial charge is 0.0471 e. The topological polar surface area (TPSA) is 32.5 Å². The molecule has 2 rings (SSSR count). The Kier molecular flexibility index (Phi) is 5.24. The lowest BCUT2D eigenvalue weighted by molar-refractivity contribution is 0.116. The molecule has 4 heteroatoms. The van der Waals surface area contributed by atoms with Crippen molar-refractivity contribution in [2.24, 2.45) is 5.73 Å². The minimum atomic E-state index is 0.122. The third-order valence-electron chi connectivity index (χ3n) is 4.61. The molecular weight excluding hydrogens is 314 g/mol. The van der Waals surface area contributed by atoms with Gasteiger partial charge in [-0.1, -0.05) is 28.1 Å². The summed E-state index contributed by atoms with van der Waals surface area (Å²) >= 11 is 3.49. The molecule has 1 fully saturated rings. The fourth-order valence-electron chi connectivity index (χ4n) is 2.99. The van der Waals surface area contributed by atoms with E-state index in [4.69, 9.17) is 5.73 Å². The highest BCUT2D eigenvalue weighted by Crippen LogP contribution is 2.29. The fraction of sp³-hybridized carbons (Fsp3) is 0.625. The van der Waals surface area contributed by atoms with Crippen LogP contribution in [-0.4, -0.2) is 48.1 Å². The summed E-state index contributed by atoms with van der Waals surface area (Å²) in [5.74, 6) is 0. The molecule has 1 heterocycles. The third-order valence-corrected chi connectivity index (χ3v) is 5.14. The standard InChI is InChI=1S/C16H26BrN3/c1-13(2)20-9-8-16(11-18,12-20)19(3)10-14-4-6-15(17)7-5-14/h4-7,13H,8-12,18H2,1-3H3. The van der Waals surface area contributed by atoms with Crippen molar-refractivity contribution >= 4 is 15.9 Å². The van der Waals surface area contributed by atoms with E-state index in [1.54, 1.807) is 0 Å². The van der Waals surface area contributed by atoms with Gasteiger partial charge in [0, 0.05) is 42.2 Å². The van der Waals surface area contributed by atoms with Gasteiger partial charge in [0.05, 0.1) is 0 Å². The van der Waals surface area contributed by atoms with Gasteiger partial charge in [0.15, 0.2) is 0 Å². The first-order valence-corrected chi connectivity index (χ1v) is 8.16. The average Bonchev–Trinajstić information content (AvgIpc) is 2.87. The molecule has 112 valence electrons. The molecule has 2 N–H and O–H groups in total. The van der Waals surface area contributed by atoms with Crippen LogP contribution in [0.2, 0.25) is 0 Å². The van der Waals surface area contributed by atoms with Crippen molar-refractivity contribution in [3.8, 4) is 0 Å². The van der Waals surface area contributed by atoms with E-state index in [9.17, 15) is 0 Å². The highest BCUT2D eigenvalue weighted by Gasteiger charge is 2.40. The molecule has 1 aromatic rings. The van der Waals surface area contributed by atoms with Gasteiger partial charge in [-0.05, 0) is 45.0 Å². The van der Waals surface area contributed by atoms with Gasteiger partial charge in [0.2, 0.25) is 0 Å². The van der Waals surface area contributed by atoms with Crippen LogP contribution in [0.3, 0.4) is 0 Å². The molecule has 0 saturated carbocycles. The summed E-state index contributed by atoms with van der Waals surface area (Å²) in [5, 5.41) is 0. The van der Waals surface area contributed by atoms with Crippen molar-refractivity contribution in [2.45, 2.75) is 38.4 Å². The first-order chi connectivity index (χ1) is 9.47. The predicted octanol–water partition coefficient (Wildman–Crippen LogP) is 2.69. The second-order valence-corrected chi connectivity index (χ2v) is 7.14. The summed E-state index contributed by atoms with van der Waals surface area (Å²) in [6, 6.07) is 9.17. The van der Waals surface area contributed by atoms with E-state index in [1.807, 2.05) is 0 Å². The first kappa shape index (κ1) is 16.0. The first-order valence-electron chi connectivity index (χ1n) is 7.37. The van der Waals surface area contributed by atoms with Crippen LogP contribution in [0.25, 0.3) is 0 Å². The molecule has 0 spiro atoms. The molecule has 1 atom stereocenters. The van der Waals surface area contributed by atoms with Gasteiger partial charge in [-0.2, -0.15) is 0 Å². The molecule has 1 aliphatic heterocycles. The lowest BCUT2D eigenvalue weighted by Crippen LogP contribution is -2.54. The zero-order chi connectivity index (χ0) is 14.8. The Morgan fingerprint density at radius 3 is 2.50 bits per heavy atom. The maximum atomic E-state index is 6.13. The van der Waals surface area contributed by atoms with Crippen LogP contribution in [-0.2, 0) is 6.54 Å². The fourth-order valence-corrected chi connectivity index (χ4v) is 3.26. The van der Waals surface area contributed by atoms with E-state index < -0.39 is 0 Å². The molecular formula is C16H26BrN3. The second kappa shape index (κ2) is 6.56. The number of hydrogen-bond acceptors (Lipinski definition) is 3. The van der Waals surface area contributed by atoms with Crippen molar-refractivity contribution in [2.75, 3.05) is 26.7 Å². The van der Waals surface area contributed by atoms with Crippen LogP contribution in [0.1, 0.15) is 25.8 Å². The molecule has 1 aromatic carbocycles. The Morgan fingerprint density at radius 2 is 2.00 bits per heavy atom. The van der Waals surface area contributed by atoms with Crippen molar-refractivity contribution in [1.82, 2.24) is 9.80 Å². The molecule has 3 nitrogen and oxygen atoms in total. The van der Waals surface area contributed by atoms with Crippen LogP contribution in [0.5, 0.6) is 0 Å². The Labute approximate surface area is 131 Å². The summed E-state index contributed by atoms with van der Waals surface area (Å²) in [6.45, 7) is 8.44. The number of nitrogens with zero attached hydrogens (tertiary/aromatic N) is 2. The van der Waals surface area contributed by atoms with Crippen LogP contribution >= 0.6 is 15.9 Å². The zero-order valence-corrected chi connectivity index (χ0v) is 14.4. The normalized spacial score (nSPS) is 23.9. The maximum Gasteiger partial charge on any atom is 0.0471 e. The molecule has 0 bridgehead atoms. The van der Waals surface area contributed by atoms with Crippen LogP contribution in [0, 0.1) is 0 Å². The van der Waals surface area contributed by atoms with Crippen molar-refractivity contribution < 1.29 is 0 Å². The quantitative estimate of drug-likeness (QED) is 0.895. The molecule has 0 amide bonds. The third kappa shape index (κ3) is 3.42. The van der Waals surface area contributed by atoms with Gasteiger partial charge < -0.3 is 5.73 Å². The Bertz CT molecular complexity index is 432. The minimum absolute atomic E-state index is 0.122. The van der Waals surface area contributed by atoms with Crippen molar-refractivity contribution in [3.05, 3.63) is 34.3 Å². The maximum absolute atomic E-state index is 6.13. The highest BCUT2D eigenvalue weighted by atomic mass is 79.9. The van der Waals surface area contributed by atoms with E-state index in [-0.39, 0.29) is 5.54 Å². The summed E-state index contributed by atoms with van der Waals surface area (Å²) in [7, 11) is 2.21. The number of rotatable bonds is 5. The van der Waals surface area contributed by atoms with E-state index in [2.05, 4.69) is 70.9 Å². The van der Waals surface area contributed by atoms with Crippen LogP contribution in [0.15, 0.2) is 28.7 Å². The van der Waals surface area contributed by atoms with Gasteiger partial charge in [-0.15, -0.1) is 0 Å². The number of likely N-dealkylation sites (tertiary alicyclic amines) is 1. The molecule has 1 unspecified atom stereocenters. The Hall–Kier alpha value is -0.420. The van der Waals surface area contributed by atoms with Gasteiger partial charge in [0.25, 0.3) is 0 Å². The number of nitrogens with two attached hydrogens (primary N) is 1. The lowest BCUT2D eigenvalue weighted by atomic mass is 9.96. The van der Waals surface area contributed by atoms with Gasteiger partial charge in [-0.3, -0.25) is 9.80 Å². The average molecular weight is 340 g/mol. The summed E-state index contributed by atoms with van der Waals surface area (Å²) in [6.07, 6.45) is 1.16. The predicted molar refractivity (Wildman–Crippen MR) is 88.7 cm³/mol. The minimum Gasteiger partial charge on any atom is -0.329 e. The van der Waals surface area contributed by atoms with Gasteiger partial charge in [0.1, 0.15) is 0 Å². The summed E-state index contributed by atoms with van der Waals surface area (Å²) < 4.78 is 1.13. The molecule has 0 aliphatic carbocycles. The van der Waals surface area contributed by atoms with Crippen molar-refractivity contribution in [1.29, 1.82) is 0 Å². The van der Waals surface area contributed by atoms with Gasteiger partial charge >= 0.3 is 0 Å². The summed E-state index contributed by atoms with van der Waals surface area (Å²) in [5.41, 5.74) is 7.60. The molecule has 0 radical (unpaired) electrons. The van der Waals surface area contributed by atoms with Crippen molar-refractivity contribution in [3.63, 3.8) is 0 Å². The Balaban J connectivity index is 2.06. The van der Waals surface area contributed by atoms with E-state index in [0.717, 1.165) is 37.1 Å². The van der Waals surface area contributed by atoms with E-state index >= 15 is 0 Å². The van der Waals surface area contributed by atoms with Gasteiger partial charge in [-0.25, -0.2) is 0 Å². The number of halogens is 1. The summed E-state index contributed by atoms with van der Waals surface area (Å²) in [4.78, 5) is 4.98. The molecule has 20 heavy (non-hydrogen) atoms. The number of benzene rings is 1. The largest absolute Gasteiger partial charge is 0.329 e. The monoisotopic (exact) mass is 339 g/mol. The van der Waals surface area contributed by atoms with E-state index in [1.165, 1.54) is 5.56 Å². The zero-order valence-electron chi connectivity index (χ0n) is 12.8.